The van der Waals surface area contributed by atoms with Crippen LogP contribution < -0.4 is 10.2 Å². The normalized spacial score (nSPS) is 15.7. The smallest absolute Gasteiger partial charge is 0.274 e. The van der Waals surface area contributed by atoms with Crippen molar-refractivity contribution in [3.05, 3.63) is 95.0 Å². The van der Waals surface area contributed by atoms with Gasteiger partial charge in [-0.25, -0.2) is 13.8 Å². The first-order valence-corrected chi connectivity index (χ1v) is 11.5. The number of benzene rings is 1. The van der Waals surface area contributed by atoms with Crippen LogP contribution in [0.15, 0.2) is 66.4 Å². The zero-order valence-corrected chi connectivity index (χ0v) is 18.4. The van der Waals surface area contributed by atoms with Crippen molar-refractivity contribution >= 4 is 28.1 Å². The molecule has 0 spiro atoms. The van der Waals surface area contributed by atoms with E-state index in [1.807, 2.05) is 39.2 Å². The number of pyridine rings is 1. The lowest BCUT2D eigenvalue weighted by Gasteiger charge is -2.26. The summed E-state index contributed by atoms with van der Waals surface area (Å²) in [5, 5.41) is 5.25. The van der Waals surface area contributed by atoms with Gasteiger partial charge in [0.2, 0.25) is 0 Å². The summed E-state index contributed by atoms with van der Waals surface area (Å²) in [5.74, 6) is -1.43. The molecule has 0 bridgehead atoms. The minimum atomic E-state index is -0.598. The van der Waals surface area contributed by atoms with Crippen molar-refractivity contribution in [1.82, 2.24) is 14.5 Å². The summed E-state index contributed by atoms with van der Waals surface area (Å²) in [7, 11) is 0. The Morgan fingerprint density at radius 1 is 1.18 bits per heavy atom. The van der Waals surface area contributed by atoms with Crippen molar-refractivity contribution in [1.29, 1.82) is 0 Å². The molecule has 3 aromatic heterocycles. The minimum Gasteiger partial charge on any atom is -0.361 e. The number of nitrogens with zero attached hydrogens (tertiary/aromatic N) is 4. The van der Waals surface area contributed by atoms with Crippen LogP contribution in [0.3, 0.4) is 0 Å². The highest BCUT2D eigenvalue weighted by molar-refractivity contribution is 7.14. The number of nitrogens with one attached hydrogen (secondary N) is 1. The summed E-state index contributed by atoms with van der Waals surface area (Å²) in [6, 6.07) is 10.9. The molecule has 1 fully saturated rings. The zero-order valence-electron chi connectivity index (χ0n) is 17.6. The van der Waals surface area contributed by atoms with Gasteiger partial charge in [0.1, 0.15) is 17.3 Å². The number of carbonyl (C=O) groups excluding carboxylic acids is 1. The van der Waals surface area contributed by atoms with Crippen molar-refractivity contribution in [2.24, 2.45) is 0 Å². The van der Waals surface area contributed by atoms with Crippen LogP contribution in [0.5, 0.6) is 0 Å². The largest absolute Gasteiger partial charge is 0.361 e. The fourth-order valence-corrected chi connectivity index (χ4v) is 4.93. The lowest BCUT2D eigenvalue weighted by molar-refractivity contribution is 0.101. The molecule has 1 atom stereocenters. The Hall–Kier alpha value is -3.59. The maximum absolute atomic E-state index is 14.4. The van der Waals surface area contributed by atoms with Crippen LogP contribution in [0.1, 0.15) is 40.6 Å². The van der Waals surface area contributed by atoms with E-state index in [0.717, 1.165) is 30.2 Å². The number of thiazole rings is 1. The second-order valence-corrected chi connectivity index (χ2v) is 8.71. The van der Waals surface area contributed by atoms with E-state index in [9.17, 15) is 13.6 Å². The third-order valence-corrected chi connectivity index (χ3v) is 6.50. The third kappa shape index (κ3) is 4.49. The van der Waals surface area contributed by atoms with Crippen molar-refractivity contribution in [3.63, 3.8) is 0 Å². The number of halogens is 2. The molecule has 1 N–H and O–H groups in total. The summed E-state index contributed by atoms with van der Waals surface area (Å²) in [5.41, 5.74) is 2.70. The zero-order chi connectivity index (χ0) is 22.8. The van der Waals surface area contributed by atoms with Gasteiger partial charge in [-0.05, 0) is 54.8 Å². The number of carbonyl (C=O) groups is 1. The fourth-order valence-electron chi connectivity index (χ4n) is 4.18. The van der Waals surface area contributed by atoms with Crippen LogP contribution in [0.4, 0.5) is 19.6 Å². The van der Waals surface area contributed by atoms with E-state index in [1.54, 1.807) is 18.5 Å². The first kappa shape index (κ1) is 21.3. The number of anilines is 2. The van der Waals surface area contributed by atoms with Gasteiger partial charge < -0.3 is 9.47 Å². The Morgan fingerprint density at radius 3 is 2.85 bits per heavy atom. The molecule has 1 aliphatic heterocycles. The fraction of sp³-hybridized carbons (Fsp3) is 0.208. The summed E-state index contributed by atoms with van der Waals surface area (Å²) >= 11 is 1.33. The van der Waals surface area contributed by atoms with Crippen LogP contribution in [-0.2, 0) is 6.54 Å². The molecule has 168 valence electrons. The number of hydrogen-bond donors (Lipinski definition) is 1. The van der Waals surface area contributed by atoms with Gasteiger partial charge in [-0.2, -0.15) is 0 Å². The average molecular weight is 466 g/mol. The second-order valence-electron chi connectivity index (χ2n) is 7.86. The van der Waals surface area contributed by atoms with Gasteiger partial charge in [0, 0.05) is 43.1 Å². The lowest BCUT2D eigenvalue weighted by Crippen LogP contribution is -2.24. The predicted octanol–water partition coefficient (Wildman–Crippen LogP) is 5.26. The molecular formula is C24H21F2N5OS. The first-order valence-electron chi connectivity index (χ1n) is 10.6. The monoisotopic (exact) mass is 465 g/mol. The molecule has 0 saturated carbocycles. The highest BCUT2D eigenvalue weighted by atomic mass is 32.1. The van der Waals surface area contributed by atoms with E-state index in [0.29, 0.717) is 29.6 Å². The molecule has 33 heavy (non-hydrogen) atoms. The molecule has 1 amide bonds. The number of aromatic nitrogens is 3. The van der Waals surface area contributed by atoms with Gasteiger partial charge in [0.05, 0.1) is 17.4 Å². The molecule has 9 heteroatoms. The van der Waals surface area contributed by atoms with Gasteiger partial charge in [0.15, 0.2) is 5.13 Å². The summed E-state index contributed by atoms with van der Waals surface area (Å²) in [4.78, 5) is 23.4. The molecule has 1 saturated heterocycles. The topological polar surface area (TPSA) is 63.1 Å². The van der Waals surface area contributed by atoms with E-state index in [-0.39, 0.29) is 11.9 Å². The van der Waals surface area contributed by atoms with E-state index in [4.69, 9.17) is 0 Å². The number of rotatable bonds is 6. The Kier molecular flexibility index (Phi) is 5.87. The van der Waals surface area contributed by atoms with Gasteiger partial charge in [-0.1, -0.05) is 0 Å². The van der Waals surface area contributed by atoms with E-state index < -0.39 is 11.6 Å². The molecule has 5 rings (SSSR count). The van der Waals surface area contributed by atoms with Gasteiger partial charge in [0.25, 0.3) is 5.91 Å². The van der Waals surface area contributed by atoms with Gasteiger partial charge in [-0.15, -0.1) is 11.3 Å². The summed E-state index contributed by atoms with van der Waals surface area (Å²) < 4.78 is 29.6. The van der Waals surface area contributed by atoms with Gasteiger partial charge in [-0.3, -0.25) is 15.1 Å². The highest BCUT2D eigenvalue weighted by Crippen LogP contribution is 2.38. The van der Waals surface area contributed by atoms with Crippen LogP contribution in [0.2, 0.25) is 0 Å². The van der Waals surface area contributed by atoms with Crippen LogP contribution in [-0.4, -0.2) is 27.0 Å². The third-order valence-electron chi connectivity index (χ3n) is 5.72. The number of amides is 1. The molecule has 1 unspecified atom stereocenters. The van der Waals surface area contributed by atoms with E-state index in [2.05, 4.69) is 15.3 Å². The van der Waals surface area contributed by atoms with Crippen LogP contribution in [0, 0.1) is 11.6 Å². The van der Waals surface area contributed by atoms with Crippen LogP contribution in [0.25, 0.3) is 0 Å². The molecule has 4 heterocycles. The molecule has 1 aromatic carbocycles. The highest BCUT2D eigenvalue weighted by Gasteiger charge is 2.30. The molecule has 0 radical (unpaired) electrons. The van der Waals surface area contributed by atoms with Gasteiger partial charge >= 0.3 is 0 Å². The Balaban J connectivity index is 1.30. The summed E-state index contributed by atoms with van der Waals surface area (Å²) in [6.45, 7) is 1.22. The van der Waals surface area contributed by atoms with Crippen molar-refractivity contribution in [2.45, 2.75) is 25.4 Å². The number of hydrogen-bond acceptors (Lipinski definition) is 5. The van der Waals surface area contributed by atoms with Crippen molar-refractivity contribution in [3.8, 4) is 0 Å². The quantitative estimate of drug-likeness (QED) is 0.422. The first-order chi connectivity index (χ1) is 16.1. The lowest BCUT2D eigenvalue weighted by atomic mass is 10.1. The maximum atomic E-state index is 14.4. The Morgan fingerprint density at radius 2 is 2.03 bits per heavy atom. The van der Waals surface area contributed by atoms with Crippen molar-refractivity contribution < 1.29 is 13.6 Å². The maximum Gasteiger partial charge on any atom is 0.274 e. The van der Waals surface area contributed by atoms with E-state index >= 15 is 0 Å². The molecule has 6 nitrogen and oxygen atoms in total. The molecular weight excluding hydrogens is 444 g/mol. The Bertz CT molecular complexity index is 1270. The molecule has 1 aliphatic rings. The standard InChI is InChI=1S/C24H21F2N5OS/c25-17-5-6-20(18(26)13-17)31-12-2-3-21(31)19-15-33-24(28-19)29-23(32)22-4-1-11-30(22)14-16-7-9-27-10-8-16/h1,4-11,13,15,21H,2-3,12,14H2,(H,28,29,32). The van der Waals surface area contributed by atoms with E-state index in [1.165, 1.54) is 23.5 Å². The minimum absolute atomic E-state index is 0.123. The predicted molar refractivity (Wildman–Crippen MR) is 124 cm³/mol. The molecule has 4 aromatic rings. The molecule has 0 aliphatic carbocycles. The Labute approximate surface area is 193 Å². The SMILES string of the molecule is O=C(Nc1nc(C2CCCN2c2ccc(F)cc2F)cs1)c1cccn1Cc1ccncc1. The average Bonchev–Trinajstić information content (AvgIpc) is 3.55. The van der Waals surface area contributed by atoms with Crippen LogP contribution >= 0.6 is 11.3 Å². The van der Waals surface area contributed by atoms with Crippen molar-refractivity contribution in [2.75, 3.05) is 16.8 Å². The summed E-state index contributed by atoms with van der Waals surface area (Å²) in [6.07, 6.45) is 6.99. The second kappa shape index (κ2) is 9.11.